The van der Waals surface area contributed by atoms with E-state index in [9.17, 15) is 4.79 Å². The van der Waals surface area contributed by atoms with Crippen LogP contribution in [0.2, 0.25) is 5.02 Å². The fourth-order valence-corrected chi connectivity index (χ4v) is 1.77. The highest BCUT2D eigenvalue weighted by molar-refractivity contribution is 6.30. The number of anilines is 1. The summed E-state index contributed by atoms with van der Waals surface area (Å²) < 4.78 is 5.59. The van der Waals surface area contributed by atoms with Crippen LogP contribution in [-0.4, -0.2) is 29.9 Å². The lowest BCUT2D eigenvalue weighted by atomic mass is 10.1. The van der Waals surface area contributed by atoms with E-state index in [2.05, 4.69) is 4.98 Å². The molecule has 104 valence electrons. The number of pyridine rings is 1. The highest BCUT2D eigenvalue weighted by Gasteiger charge is 2.11. The molecule has 0 unspecified atom stereocenters. The third-order valence-corrected chi connectivity index (χ3v) is 2.78. The van der Waals surface area contributed by atoms with E-state index >= 15 is 0 Å². The van der Waals surface area contributed by atoms with E-state index in [1.54, 1.807) is 38.4 Å². The van der Waals surface area contributed by atoms with Crippen molar-refractivity contribution in [3.8, 4) is 11.5 Å². The maximum Gasteiger partial charge on any atom is 0.253 e. The van der Waals surface area contributed by atoms with Crippen LogP contribution in [0.3, 0.4) is 0 Å². The molecule has 0 bridgehead atoms. The van der Waals surface area contributed by atoms with Gasteiger partial charge in [0.1, 0.15) is 11.5 Å². The molecule has 1 aromatic heterocycles. The molecule has 0 aliphatic rings. The van der Waals surface area contributed by atoms with Crippen molar-refractivity contribution in [2.45, 2.75) is 0 Å². The lowest BCUT2D eigenvalue weighted by Gasteiger charge is -2.13. The van der Waals surface area contributed by atoms with Crippen molar-refractivity contribution in [3.05, 3.63) is 47.2 Å². The summed E-state index contributed by atoms with van der Waals surface area (Å²) in [6.45, 7) is 0. The number of carbonyl (C=O) groups is 1. The van der Waals surface area contributed by atoms with Gasteiger partial charge in [-0.15, -0.1) is 0 Å². The van der Waals surface area contributed by atoms with Gasteiger partial charge in [-0.05, 0) is 18.2 Å². The lowest BCUT2D eigenvalue weighted by Crippen LogP contribution is -2.21. The first-order valence-corrected chi connectivity index (χ1v) is 6.25. The molecule has 0 fully saturated rings. The minimum Gasteiger partial charge on any atom is -0.454 e. The Labute approximate surface area is 121 Å². The second-order valence-corrected chi connectivity index (χ2v) is 4.83. The first-order chi connectivity index (χ1) is 9.47. The SMILES string of the molecule is CN(C)C(=O)c1ccc(Oc2cncc(Cl)c2)c(N)c1. The molecule has 2 rings (SSSR count). The molecule has 0 aliphatic heterocycles. The summed E-state index contributed by atoms with van der Waals surface area (Å²) >= 11 is 5.83. The highest BCUT2D eigenvalue weighted by Crippen LogP contribution is 2.29. The van der Waals surface area contributed by atoms with E-state index in [1.165, 1.54) is 17.3 Å². The van der Waals surface area contributed by atoms with Crippen LogP contribution in [0.5, 0.6) is 11.5 Å². The Kier molecular flexibility index (Phi) is 4.10. The van der Waals surface area contributed by atoms with Crippen molar-refractivity contribution in [2.75, 3.05) is 19.8 Å². The molecule has 0 spiro atoms. The van der Waals surface area contributed by atoms with Gasteiger partial charge in [0.2, 0.25) is 0 Å². The summed E-state index contributed by atoms with van der Waals surface area (Å²) in [5.41, 5.74) is 6.77. The maximum atomic E-state index is 11.8. The van der Waals surface area contributed by atoms with Gasteiger partial charge in [0, 0.05) is 31.9 Å². The molecule has 5 nitrogen and oxygen atoms in total. The fourth-order valence-electron chi connectivity index (χ4n) is 1.61. The average molecular weight is 292 g/mol. The number of hydrogen-bond acceptors (Lipinski definition) is 4. The van der Waals surface area contributed by atoms with Gasteiger partial charge < -0.3 is 15.4 Å². The molecule has 20 heavy (non-hydrogen) atoms. The Bertz CT molecular complexity index is 644. The second kappa shape index (κ2) is 5.79. The zero-order valence-electron chi connectivity index (χ0n) is 11.1. The van der Waals surface area contributed by atoms with Gasteiger partial charge in [-0.3, -0.25) is 9.78 Å². The van der Waals surface area contributed by atoms with Crippen molar-refractivity contribution in [2.24, 2.45) is 0 Å². The van der Waals surface area contributed by atoms with Gasteiger partial charge in [0.15, 0.2) is 0 Å². The summed E-state index contributed by atoms with van der Waals surface area (Å²) in [6, 6.07) is 6.52. The summed E-state index contributed by atoms with van der Waals surface area (Å²) in [5, 5.41) is 0.473. The fraction of sp³-hybridized carbons (Fsp3) is 0.143. The molecule has 0 saturated carbocycles. The van der Waals surface area contributed by atoms with Crippen molar-refractivity contribution in [1.82, 2.24) is 9.88 Å². The first-order valence-electron chi connectivity index (χ1n) is 5.87. The molecular formula is C14H14ClN3O2. The Morgan fingerprint density at radius 1 is 1.30 bits per heavy atom. The number of ether oxygens (including phenoxy) is 1. The number of aromatic nitrogens is 1. The third kappa shape index (κ3) is 3.19. The first kappa shape index (κ1) is 14.1. The van der Waals surface area contributed by atoms with Crippen molar-refractivity contribution >= 4 is 23.2 Å². The molecule has 2 aromatic rings. The normalized spacial score (nSPS) is 10.2. The molecule has 0 radical (unpaired) electrons. The van der Waals surface area contributed by atoms with E-state index in [1.807, 2.05) is 0 Å². The summed E-state index contributed by atoms with van der Waals surface area (Å²) in [4.78, 5) is 17.2. The van der Waals surface area contributed by atoms with Gasteiger partial charge in [-0.2, -0.15) is 0 Å². The third-order valence-electron chi connectivity index (χ3n) is 2.57. The number of carbonyl (C=O) groups excluding carboxylic acids is 1. The van der Waals surface area contributed by atoms with E-state index in [-0.39, 0.29) is 5.91 Å². The largest absolute Gasteiger partial charge is 0.454 e. The van der Waals surface area contributed by atoms with Crippen LogP contribution in [0.15, 0.2) is 36.7 Å². The quantitative estimate of drug-likeness (QED) is 0.883. The van der Waals surface area contributed by atoms with Crippen LogP contribution >= 0.6 is 11.6 Å². The number of benzene rings is 1. The van der Waals surface area contributed by atoms with E-state index in [0.29, 0.717) is 27.8 Å². The average Bonchev–Trinajstić information content (AvgIpc) is 2.40. The number of amides is 1. The lowest BCUT2D eigenvalue weighted by molar-refractivity contribution is 0.0827. The molecule has 1 heterocycles. The van der Waals surface area contributed by atoms with Crippen molar-refractivity contribution in [1.29, 1.82) is 0 Å². The number of nitrogen functional groups attached to an aromatic ring is 1. The Hall–Kier alpha value is -2.27. The highest BCUT2D eigenvalue weighted by atomic mass is 35.5. The number of nitrogens with zero attached hydrogens (tertiary/aromatic N) is 2. The Morgan fingerprint density at radius 3 is 2.65 bits per heavy atom. The molecular weight excluding hydrogens is 278 g/mol. The van der Waals surface area contributed by atoms with Crippen LogP contribution in [0.1, 0.15) is 10.4 Å². The number of rotatable bonds is 3. The van der Waals surface area contributed by atoms with Gasteiger partial charge in [0.05, 0.1) is 16.9 Å². The number of halogens is 1. The van der Waals surface area contributed by atoms with Crippen molar-refractivity contribution < 1.29 is 9.53 Å². The predicted molar refractivity (Wildman–Crippen MR) is 78.2 cm³/mol. The van der Waals surface area contributed by atoms with Crippen molar-refractivity contribution in [3.63, 3.8) is 0 Å². The zero-order valence-corrected chi connectivity index (χ0v) is 11.9. The summed E-state index contributed by atoms with van der Waals surface area (Å²) in [5.74, 6) is 0.813. The minimum absolute atomic E-state index is 0.118. The van der Waals surface area contributed by atoms with E-state index < -0.39 is 0 Å². The van der Waals surface area contributed by atoms with Gasteiger partial charge >= 0.3 is 0 Å². The number of hydrogen-bond donors (Lipinski definition) is 1. The minimum atomic E-state index is -0.118. The smallest absolute Gasteiger partial charge is 0.253 e. The zero-order chi connectivity index (χ0) is 14.7. The van der Waals surface area contributed by atoms with Crippen LogP contribution in [0.25, 0.3) is 0 Å². The topological polar surface area (TPSA) is 68.5 Å². The molecule has 0 saturated heterocycles. The van der Waals surface area contributed by atoms with Crippen LogP contribution in [-0.2, 0) is 0 Å². The van der Waals surface area contributed by atoms with E-state index in [0.717, 1.165) is 0 Å². The molecule has 1 aromatic carbocycles. The van der Waals surface area contributed by atoms with Crippen LogP contribution < -0.4 is 10.5 Å². The summed E-state index contributed by atoms with van der Waals surface area (Å²) in [6.07, 6.45) is 3.04. The maximum absolute atomic E-state index is 11.8. The Balaban J connectivity index is 2.24. The van der Waals surface area contributed by atoms with Gasteiger partial charge in [-0.25, -0.2) is 0 Å². The molecule has 0 atom stereocenters. The summed E-state index contributed by atoms with van der Waals surface area (Å²) in [7, 11) is 3.36. The molecule has 6 heteroatoms. The molecule has 2 N–H and O–H groups in total. The Morgan fingerprint density at radius 2 is 2.05 bits per heavy atom. The number of nitrogens with two attached hydrogens (primary N) is 1. The predicted octanol–water partition coefficient (Wildman–Crippen LogP) is 2.81. The molecule has 1 amide bonds. The second-order valence-electron chi connectivity index (χ2n) is 4.39. The van der Waals surface area contributed by atoms with Gasteiger partial charge in [-0.1, -0.05) is 11.6 Å². The van der Waals surface area contributed by atoms with E-state index in [4.69, 9.17) is 22.1 Å². The van der Waals surface area contributed by atoms with Gasteiger partial charge in [0.25, 0.3) is 5.91 Å². The molecule has 0 aliphatic carbocycles. The van der Waals surface area contributed by atoms with Crippen LogP contribution in [0, 0.1) is 0 Å². The monoisotopic (exact) mass is 291 g/mol. The standard InChI is InChI=1S/C14H14ClN3O2/c1-18(2)14(19)9-3-4-13(12(16)5-9)20-11-6-10(15)7-17-8-11/h3-8H,16H2,1-2H3. The van der Waals surface area contributed by atoms with Crippen LogP contribution in [0.4, 0.5) is 5.69 Å².